The van der Waals surface area contributed by atoms with Crippen LogP contribution in [0.25, 0.3) is 0 Å². The molecule has 1 aromatic heterocycles. The number of furan rings is 1. The molecule has 23 heavy (non-hydrogen) atoms. The number of ketones is 1. The van der Waals surface area contributed by atoms with Gasteiger partial charge in [-0.15, -0.1) is 0 Å². The van der Waals surface area contributed by atoms with Crippen LogP contribution < -0.4 is 0 Å². The zero-order valence-electron chi connectivity index (χ0n) is 14.4. The second-order valence-electron chi connectivity index (χ2n) is 6.92. The van der Waals surface area contributed by atoms with Crippen LogP contribution in [0.3, 0.4) is 0 Å². The third kappa shape index (κ3) is 2.99. The van der Waals surface area contributed by atoms with Gasteiger partial charge in [0.05, 0.1) is 5.56 Å². The highest BCUT2D eigenvalue weighted by Crippen LogP contribution is 2.63. The highest BCUT2D eigenvalue weighted by Gasteiger charge is 2.57. The number of aryl methyl sites for hydroxylation is 1. The van der Waals surface area contributed by atoms with Crippen LogP contribution in [0.2, 0.25) is 0 Å². The van der Waals surface area contributed by atoms with Gasteiger partial charge in [0.2, 0.25) is 0 Å². The van der Waals surface area contributed by atoms with E-state index in [0.717, 1.165) is 29.9 Å². The lowest BCUT2D eigenvalue weighted by Crippen LogP contribution is -2.09. The zero-order valence-corrected chi connectivity index (χ0v) is 14.4. The van der Waals surface area contributed by atoms with Gasteiger partial charge in [-0.1, -0.05) is 56.5 Å². The van der Waals surface area contributed by atoms with Crippen molar-refractivity contribution in [1.29, 1.82) is 0 Å². The summed E-state index contributed by atoms with van der Waals surface area (Å²) in [6.45, 7) is 5.76. The normalized spacial score (nSPS) is 23.0. The van der Waals surface area contributed by atoms with E-state index >= 15 is 0 Å². The maximum absolute atomic E-state index is 11.8. The summed E-state index contributed by atoms with van der Waals surface area (Å²) in [5, 5.41) is 0. The summed E-state index contributed by atoms with van der Waals surface area (Å²) in [5.41, 5.74) is 2.23. The minimum atomic E-state index is 0.0922. The Hall–Kier alpha value is -1.83. The van der Waals surface area contributed by atoms with Gasteiger partial charge >= 0.3 is 0 Å². The Morgan fingerprint density at radius 3 is 2.61 bits per heavy atom. The van der Waals surface area contributed by atoms with Gasteiger partial charge in [-0.2, -0.15) is 0 Å². The molecule has 2 heteroatoms. The molecule has 0 spiro atoms. The second-order valence-corrected chi connectivity index (χ2v) is 6.92. The number of benzene rings is 1. The number of hydrogen-bond acceptors (Lipinski definition) is 2. The van der Waals surface area contributed by atoms with Crippen LogP contribution in [-0.4, -0.2) is 5.78 Å². The van der Waals surface area contributed by atoms with Crippen LogP contribution in [0, 0.1) is 6.92 Å². The average Bonchev–Trinajstić information content (AvgIpc) is 3.14. The maximum atomic E-state index is 11.8. The van der Waals surface area contributed by atoms with Crippen molar-refractivity contribution in [1.82, 2.24) is 0 Å². The molecule has 0 radical (unpaired) electrons. The molecule has 0 aliphatic heterocycles. The fourth-order valence-electron chi connectivity index (χ4n) is 3.87. The predicted molar refractivity (Wildman–Crippen MR) is 93.1 cm³/mol. The van der Waals surface area contributed by atoms with Crippen LogP contribution in [-0.2, 0) is 5.41 Å². The van der Waals surface area contributed by atoms with Crippen molar-refractivity contribution in [2.45, 2.75) is 64.2 Å². The van der Waals surface area contributed by atoms with Crippen molar-refractivity contribution in [2.75, 3.05) is 0 Å². The standard InChI is InChI=1S/C21H26O2/c1-4-5-9-12-21(14-19(21)17-10-7-6-8-11-17)20-13-18(15(2)22)16(3)23-20/h6-8,10-11,13,19H,4-5,9,12,14H2,1-3H3/t19-,21-/m0/s1. The number of unbranched alkanes of at least 4 members (excludes halogenated alkanes) is 2. The average molecular weight is 310 g/mol. The number of carbonyl (C=O) groups is 1. The molecular weight excluding hydrogens is 284 g/mol. The first kappa shape index (κ1) is 16.0. The van der Waals surface area contributed by atoms with E-state index in [1.165, 1.54) is 24.8 Å². The first-order valence-corrected chi connectivity index (χ1v) is 8.75. The van der Waals surface area contributed by atoms with E-state index in [9.17, 15) is 4.79 Å². The lowest BCUT2D eigenvalue weighted by atomic mass is 9.90. The lowest BCUT2D eigenvalue weighted by molar-refractivity contribution is 0.101. The Balaban J connectivity index is 1.91. The number of Topliss-reactive ketones (excluding diaryl/α,β-unsaturated/α-hetero) is 1. The molecule has 0 unspecified atom stereocenters. The Morgan fingerprint density at radius 1 is 1.26 bits per heavy atom. The summed E-state index contributed by atoms with van der Waals surface area (Å²) in [6, 6.07) is 12.7. The van der Waals surface area contributed by atoms with E-state index < -0.39 is 0 Å². The summed E-state index contributed by atoms with van der Waals surface area (Å²) in [5.74, 6) is 2.40. The molecule has 0 amide bonds. The van der Waals surface area contributed by atoms with Crippen LogP contribution >= 0.6 is 0 Å². The van der Waals surface area contributed by atoms with E-state index in [2.05, 4.69) is 37.3 Å². The van der Waals surface area contributed by atoms with Crippen LogP contribution in [0.5, 0.6) is 0 Å². The number of carbonyl (C=O) groups excluding carboxylic acids is 1. The second kappa shape index (κ2) is 6.35. The fraction of sp³-hybridized carbons (Fsp3) is 0.476. The summed E-state index contributed by atoms with van der Waals surface area (Å²) in [7, 11) is 0. The number of rotatable bonds is 7. The molecule has 1 fully saturated rings. The van der Waals surface area contributed by atoms with Crippen LogP contribution in [0.4, 0.5) is 0 Å². The van der Waals surface area contributed by atoms with E-state index in [0.29, 0.717) is 5.92 Å². The molecule has 1 heterocycles. The first-order valence-electron chi connectivity index (χ1n) is 8.75. The molecule has 2 aromatic rings. The summed E-state index contributed by atoms with van der Waals surface area (Å²) in [6.07, 6.45) is 5.97. The molecule has 2 nitrogen and oxygen atoms in total. The van der Waals surface area contributed by atoms with E-state index in [4.69, 9.17) is 4.42 Å². The molecule has 122 valence electrons. The largest absolute Gasteiger partial charge is 0.465 e. The Labute approximate surface area is 138 Å². The predicted octanol–water partition coefficient (Wildman–Crippen LogP) is 5.80. The van der Waals surface area contributed by atoms with Gasteiger partial charge in [0.25, 0.3) is 0 Å². The van der Waals surface area contributed by atoms with E-state index in [1.54, 1.807) is 6.92 Å². The van der Waals surface area contributed by atoms with Gasteiger partial charge in [-0.25, -0.2) is 0 Å². The summed E-state index contributed by atoms with van der Waals surface area (Å²) in [4.78, 5) is 11.8. The molecule has 3 rings (SSSR count). The number of hydrogen-bond donors (Lipinski definition) is 0. The van der Waals surface area contributed by atoms with E-state index in [1.807, 2.05) is 13.0 Å². The maximum Gasteiger partial charge on any atom is 0.163 e. The molecule has 0 saturated heterocycles. The SMILES string of the molecule is CCCCC[C@]1(c2cc(C(C)=O)c(C)o2)C[C@H]1c1ccccc1. The Bertz CT molecular complexity index is 683. The van der Waals surface area contributed by atoms with Gasteiger partial charge < -0.3 is 4.42 Å². The van der Waals surface area contributed by atoms with Gasteiger partial charge in [-0.05, 0) is 44.2 Å². The Morgan fingerprint density at radius 2 is 2.00 bits per heavy atom. The fourth-order valence-corrected chi connectivity index (χ4v) is 3.87. The van der Waals surface area contributed by atoms with Crippen molar-refractivity contribution in [2.24, 2.45) is 0 Å². The van der Waals surface area contributed by atoms with Crippen molar-refractivity contribution in [3.63, 3.8) is 0 Å². The monoisotopic (exact) mass is 310 g/mol. The quantitative estimate of drug-likeness (QED) is 0.478. The molecule has 2 atom stereocenters. The molecule has 1 aliphatic rings. The third-order valence-electron chi connectivity index (χ3n) is 5.29. The first-order chi connectivity index (χ1) is 11.1. The molecular formula is C21H26O2. The van der Waals surface area contributed by atoms with Crippen molar-refractivity contribution in [3.05, 3.63) is 59.0 Å². The highest BCUT2D eigenvalue weighted by molar-refractivity contribution is 5.95. The molecule has 1 aromatic carbocycles. The van der Waals surface area contributed by atoms with Gasteiger partial charge in [-0.3, -0.25) is 4.79 Å². The summed E-state index contributed by atoms with van der Waals surface area (Å²) >= 11 is 0. The molecule has 1 aliphatic carbocycles. The van der Waals surface area contributed by atoms with E-state index in [-0.39, 0.29) is 11.2 Å². The lowest BCUT2D eigenvalue weighted by Gasteiger charge is -2.15. The topological polar surface area (TPSA) is 30.2 Å². The van der Waals surface area contributed by atoms with Gasteiger partial charge in [0.15, 0.2) is 5.78 Å². The van der Waals surface area contributed by atoms with Crippen LogP contribution in [0.15, 0.2) is 40.8 Å². The van der Waals surface area contributed by atoms with Crippen molar-refractivity contribution >= 4 is 5.78 Å². The van der Waals surface area contributed by atoms with Gasteiger partial charge in [0, 0.05) is 5.41 Å². The molecule has 0 bridgehead atoms. The zero-order chi connectivity index (χ0) is 16.4. The minimum Gasteiger partial charge on any atom is -0.465 e. The van der Waals surface area contributed by atoms with Crippen molar-refractivity contribution < 1.29 is 9.21 Å². The Kier molecular flexibility index (Phi) is 4.43. The molecule has 1 saturated carbocycles. The minimum absolute atomic E-state index is 0.0922. The molecule has 0 N–H and O–H groups in total. The smallest absolute Gasteiger partial charge is 0.163 e. The van der Waals surface area contributed by atoms with Gasteiger partial charge in [0.1, 0.15) is 11.5 Å². The third-order valence-corrected chi connectivity index (χ3v) is 5.29. The summed E-state index contributed by atoms with van der Waals surface area (Å²) < 4.78 is 6.06. The van der Waals surface area contributed by atoms with Crippen LogP contribution in [0.1, 0.15) is 79.3 Å². The highest BCUT2D eigenvalue weighted by atomic mass is 16.3. The van der Waals surface area contributed by atoms with Crippen molar-refractivity contribution in [3.8, 4) is 0 Å².